The van der Waals surface area contributed by atoms with Crippen molar-refractivity contribution in [2.24, 2.45) is 0 Å². The number of hydrogen-bond donors (Lipinski definition) is 1. The molecule has 2 heterocycles. The molecule has 0 saturated heterocycles. The van der Waals surface area contributed by atoms with Crippen molar-refractivity contribution in [3.8, 4) is 28.4 Å². The number of H-pyrrole nitrogens is 1. The van der Waals surface area contributed by atoms with Crippen LogP contribution in [-0.2, 0) is 0 Å². The first-order valence-corrected chi connectivity index (χ1v) is 8.68. The van der Waals surface area contributed by atoms with Gasteiger partial charge in [-0.1, -0.05) is 12.1 Å². The molecular weight excluding hydrogens is 338 g/mol. The van der Waals surface area contributed by atoms with Crippen molar-refractivity contribution in [3.05, 3.63) is 66.0 Å². The lowest BCUT2D eigenvalue weighted by Gasteiger charge is -2.12. The van der Waals surface area contributed by atoms with Gasteiger partial charge < -0.3 is 9.72 Å². The van der Waals surface area contributed by atoms with E-state index in [2.05, 4.69) is 9.97 Å². The molecule has 0 atom stereocenters. The van der Waals surface area contributed by atoms with E-state index in [1.54, 1.807) is 14.0 Å². The van der Waals surface area contributed by atoms with Gasteiger partial charge in [-0.3, -0.25) is 4.79 Å². The molecule has 0 radical (unpaired) electrons. The number of aromatic nitrogens is 3. The van der Waals surface area contributed by atoms with Crippen molar-refractivity contribution in [2.45, 2.75) is 13.8 Å². The summed E-state index contributed by atoms with van der Waals surface area (Å²) < 4.78 is 5.23. The van der Waals surface area contributed by atoms with Crippen LogP contribution in [0.25, 0.3) is 33.5 Å². The Morgan fingerprint density at radius 3 is 2.44 bits per heavy atom. The summed E-state index contributed by atoms with van der Waals surface area (Å²) in [6.45, 7) is 3.39. The number of nitrogens with one attached hydrogen (secondary N) is 1. The number of fused-ring (bicyclic) bond motifs is 1. The lowest BCUT2D eigenvalue weighted by molar-refractivity contribution is 0.101. The molecule has 0 unspecified atom stereocenters. The van der Waals surface area contributed by atoms with E-state index in [1.807, 2.05) is 61.7 Å². The van der Waals surface area contributed by atoms with Crippen LogP contribution in [0.3, 0.4) is 0 Å². The first-order chi connectivity index (χ1) is 13.1. The third kappa shape index (κ3) is 3.08. The minimum atomic E-state index is -0.0512. The van der Waals surface area contributed by atoms with Gasteiger partial charge in [0.25, 0.3) is 0 Å². The zero-order valence-electron chi connectivity index (χ0n) is 15.4. The fourth-order valence-electron chi connectivity index (χ4n) is 3.27. The molecule has 2 aromatic heterocycles. The molecule has 5 nitrogen and oxygen atoms in total. The quantitative estimate of drug-likeness (QED) is 0.532. The van der Waals surface area contributed by atoms with E-state index in [9.17, 15) is 4.79 Å². The molecule has 0 amide bonds. The highest BCUT2D eigenvalue weighted by molar-refractivity contribution is 6.01. The topological polar surface area (TPSA) is 67.9 Å². The number of benzene rings is 2. The minimum Gasteiger partial charge on any atom is -0.497 e. The third-order valence-electron chi connectivity index (χ3n) is 4.62. The Kier molecular flexibility index (Phi) is 4.20. The van der Waals surface area contributed by atoms with Gasteiger partial charge in [0.15, 0.2) is 11.6 Å². The highest BCUT2D eigenvalue weighted by atomic mass is 16.5. The molecule has 0 aliphatic heterocycles. The van der Waals surface area contributed by atoms with Crippen molar-refractivity contribution in [2.75, 3.05) is 7.11 Å². The van der Waals surface area contributed by atoms with Gasteiger partial charge in [0, 0.05) is 22.8 Å². The first-order valence-electron chi connectivity index (χ1n) is 8.68. The lowest BCUT2D eigenvalue weighted by Crippen LogP contribution is -2.06. The Bertz CT molecular complexity index is 1140. The monoisotopic (exact) mass is 357 g/mol. The predicted octanol–water partition coefficient (Wildman–Crippen LogP) is 4.81. The molecule has 4 aromatic rings. The number of rotatable bonds is 4. The van der Waals surface area contributed by atoms with E-state index in [0.717, 1.165) is 27.8 Å². The molecule has 5 heteroatoms. The molecule has 0 spiro atoms. The number of carbonyl (C=O) groups excluding carboxylic acids is 1. The summed E-state index contributed by atoms with van der Waals surface area (Å²) in [6.07, 6.45) is 1.90. The Hall–Kier alpha value is -3.47. The molecule has 0 saturated carbocycles. The molecule has 1 N–H and O–H groups in total. The van der Waals surface area contributed by atoms with Crippen molar-refractivity contribution in [3.63, 3.8) is 0 Å². The molecule has 0 fully saturated rings. The number of nitrogens with zero attached hydrogens (tertiary/aromatic N) is 2. The van der Waals surface area contributed by atoms with E-state index < -0.39 is 0 Å². The van der Waals surface area contributed by atoms with Crippen LogP contribution in [0.1, 0.15) is 23.0 Å². The summed E-state index contributed by atoms with van der Waals surface area (Å²) in [7, 11) is 1.62. The van der Waals surface area contributed by atoms with E-state index in [-0.39, 0.29) is 5.78 Å². The molecule has 0 bridgehead atoms. The molecule has 134 valence electrons. The van der Waals surface area contributed by atoms with Crippen LogP contribution in [0, 0.1) is 6.92 Å². The van der Waals surface area contributed by atoms with Crippen LogP contribution in [0.4, 0.5) is 0 Å². The SMILES string of the molecule is COc1ccc(-c2nc(-c3ccc4cc[nH]c4c3)nc(C)c2C(C)=O)cc1. The Balaban J connectivity index is 1.91. The fourth-order valence-corrected chi connectivity index (χ4v) is 3.27. The third-order valence-corrected chi connectivity index (χ3v) is 4.62. The van der Waals surface area contributed by atoms with Crippen LogP contribution >= 0.6 is 0 Å². The summed E-state index contributed by atoms with van der Waals surface area (Å²) in [5.41, 5.74) is 4.64. The normalized spacial score (nSPS) is 10.9. The van der Waals surface area contributed by atoms with E-state index >= 15 is 0 Å². The molecule has 0 aliphatic rings. The second-order valence-corrected chi connectivity index (χ2v) is 6.42. The van der Waals surface area contributed by atoms with Crippen molar-refractivity contribution in [1.82, 2.24) is 15.0 Å². The van der Waals surface area contributed by atoms with Gasteiger partial charge in [0.1, 0.15) is 5.75 Å². The van der Waals surface area contributed by atoms with Crippen molar-refractivity contribution >= 4 is 16.7 Å². The maximum absolute atomic E-state index is 12.3. The molecule has 4 rings (SSSR count). The van der Waals surface area contributed by atoms with E-state index in [0.29, 0.717) is 22.8 Å². The van der Waals surface area contributed by atoms with Gasteiger partial charge in [-0.2, -0.15) is 0 Å². The van der Waals surface area contributed by atoms with Crippen LogP contribution in [-0.4, -0.2) is 27.8 Å². The maximum Gasteiger partial charge on any atom is 0.163 e. The van der Waals surface area contributed by atoms with Crippen LogP contribution in [0.5, 0.6) is 5.75 Å². The minimum absolute atomic E-state index is 0.0512. The number of ether oxygens (including phenoxy) is 1. The van der Waals surface area contributed by atoms with Gasteiger partial charge in [0.05, 0.1) is 24.1 Å². The lowest BCUT2D eigenvalue weighted by atomic mass is 10.0. The number of carbonyl (C=O) groups is 1. The highest BCUT2D eigenvalue weighted by Crippen LogP contribution is 2.29. The van der Waals surface area contributed by atoms with Gasteiger partial charge in [-0.25, -0.2) is 9.97 Å². The molecule has 27 heavy (non-hydrogen) atoms. The number of hydrogen-bond acceptors (Lipinski definition) is 4. The Morgan fingerprint density at radius 2 is 1.74 bits per heavy atom. The van der Waals surface area contributed by atoms with E-state index in [4.69, 9.17) is 9.72 Å². The number of aromatic amines is 1. The fraction of sp³-hybridized carbons (Fsp3) is 0.136. The van der Waals surface area contributed by atoms with Crippen LogP contribution < -0.4 is 4.74 Å². The molecule has 2 aromatic carbocycles. The first kappa shape index (κ1) is 17.0. The number of ketones is 1. The van der Waals surface area contributed by atoms with Gasteiger partial charge in [-0.05, 0) is 55.6 Å². The predicted molar refractivity (Wildman–Crippen MR) is 106 cm³/mol. The Labute approximate surface area is 157 Å². The zero-order chi connectivity index (χ0) is 19.0. The maximum atomic E-state index is 12.3. The van der Waals surface area contributed by atoms with Crippen LogP contribution in [0.15, 0.2) is 54.7 Å². The van der Waals surface area contributed by atoms with Crippen molar-refractivity contribution < 1.29 is 9.53 Å². The molecular formula is C22H19N3O2. The number of aryl methyl sites for hydroxylation is 1. The second-order valence-electron chi connectivity index (χ2n) is 6.42. The van der Waals surface area contributed by atoms with Crippen molar-refractivity contribution in [1.29, 1.82) is 0 Å². The van der Waals surface area contributed by atoms with Gasteiger partial charge in [-0.15, -0.1) is 0 Å². The van der Waals surface area contributed by atoms with Gasteiger partial charge >= 0.3 is 0 Å². The smallest absolute Gasteiger partial charge is 0.163 e. The van der Waals surface area contributed by atoms with Crippen LogP contribution in [0.2, 0.25) is 0 Å². The zero-order valence-corrected chi connectivity index (χ0v) is 15.4. The average molecular weight is 357 g/mol. The summed E-state index contributed by atoms with van der Waals surface area (Å²) in [4.78, 5) is 24.8. The van der Waals surface area contributed by atoms with Gasteiger partial charge in [0.2, 0.25) is 0 Å². The highest BCUT2D eigenvalue weighted by Gasteiger charge is 2.18. The molecule has 0 aliphatic carbocycles. The van der Waals surface area contributed by atoms with E-state index in [1.165, 1.54) is 0 Å². The standard InChI is InChI=1S/C22H19N3O2/c1-13-20(14(2)26)21(16-6-8-18(27-3)9-7-16)25-22(24-13)17-5-4-15-10-11-23-19(15)12-17/h4-12,23H,1-3H3. The number of methoxy groups -OCH3 is 1. The largest absolute Gasteiger partial charge is 0.497 e. The summed E-state index contributed by atoms with van der Waals surface area (Å²) >= 11 is 0. The Morgan fingerprint density at radius 1 is 1.00 bits per heavy atom. The second kappa shape index (κ2) is 6.68. The number of Topliss-reactive ketones (excluding diaryl/α,β-unsaturated/α-hetero) is 1. The summed E-state index contributed by atoms with van der Waals surface area (Å²) in [5, 5.41) is 1.13. The average Bonchev–Trinajstić information content (AvgIpc) is 3.15. The summed E-state index contributed by atoms with van der Waals surface area (Å²) in [6, 6.07) is 15.6. The summed E-state index contributed by atoms with van der Waals surface area (Å²) in [5.74, 6) is 1.30.